The summed E-state index contributed by atoms with van der Waals surface area (Å²) in [5.41, 5.74) is 3.57. The quantitative estimate of drug-likeness (QED) is 0.157. The lowest BCUT2D eigenvalue weighted by atomic mass is 9.94. The SMILES string of the molecule is CC(C)(C)OC(=O)N1C[C@@H](c2c(F)c(F)cc(F)c2F)CC1CN1C(=O)c2ccccc2C1=O.Cl.Cl.Cl.NCC1C[C@H](c2c(F)c(F)cc(F)c2F)CN1. The number of benzene rings is 3. The predicted octanol–water partition coefficient (Wildman–Crippen LogP) is 7.54. The molecule has 0 aliphatic carbocycles. The summed E-state index contributed by atoms with van der Waals surface area (Å²) in [6.07, 6.45) is -0.620. The lowest BCUT2D eigenvalue weighted by molar-refractivity contribution is 0.0189. The van der Waals surface area contributed by atoms with Crippen LogP contribution in [0.25, 0.3) is 0 Å². The van der Waals surface area contributed by atoms with Crippen LogP contribution < -0.4 is 11.1 Å². The van der Waals surface area contributed by atoms with Crippen LogP contribution in [-0.4, -0.2) is 71.6 Å². The van der Waals surface area contributed by atoms with Crippen LogP contribution in [-0.2, 0) is 4.74 Å². The maximum Gasteiger partial charge on any atom is 0.410 e. The van der Waals surface area contributed by atoms with E-state index in [0.717, 1.165) is 9.80 Å². The zero-order chi connectivity index (χ0) is 37.5. The van der Waals surface area contributed by atoms with Crippen molar-refractivity contribution in [3.8, 4) is 0 Å². The first-order valence-corrected chi connectivity index (χ1v) is 16.0. The fourth-order valence-corrected chi connectivity index (χ4v) is 6.58. The molecule has 0 spiro atoms. The number of halogens is 11. The Kier molecular flexibility index (Phi) is 15.7. The summed E-state index contributed by atoms with van der Waals surface area (Å²) < 4.78 is 115. The Bertz CT molecular complexity index is 1800. The molecule has 298 valence electrons. The van der Waals surface area contributed by atoms with Crippen molar-refractivity contribution in [1.29, 1.82) is 0 Å². The van der Waals surface area contributed by atoms with E-state index in [0.29, 0.717) is 13.0 Å². The normalized spacial score (nSPS) is 20.4. The summed E-state index contributed by atoms with van der Waals surface area (Å²) in [6.45, 7) is 4.86. The van der Waals surface area contributed by atoms with Crippen LogP contribution in [0.3, 0.4) is 0 Å². The van der Waals surface area contributed by atoms with E-state index >= 15 is 0 Å². The molecular weight excluding hydrogens is 799 g/mol. The van der Waals surface area contributed by atoms with E-state index in [9.17, 15) is 49.5 Å². The number of nitrogens with two attached hydrogens (primary N) is 1. The summed E-state index contributed by atoms with van der Waals surface area (Å²) in [6, 6.07) is 5.57. The summed E-state index contributed by atoms with van der Waals surface area (Å²) >= 11 is 0. The molecule has 3 aliphatic rings. The van der Waals surface area contributed by atoms with Gasteiger partial charge in [-0.05, 0) is 45.7 Å². The molecule has 8 nitrogen and oxygen atoms in total. The van der Waals surface area contributed by atoms with E-state index in [4.69, 9.17) is 10.5 Å². The second kappa shape index (κ2) is 18.3. The Balaban J connectivity index is 0.000000428. The van der Waals surface area contributed by atoms with Gasteiger partial charge in [-0.25, -0.2) is 39.9 Å². The third kappa shape index (κ3) is 9.39. The van der Waals surface area contributed by atoms with Gasteiger partial charge >= 0.3 is 6.09 Å². The molecule has 0 saturated carbocycles. The minimum absolute atomic E-state index is 0. The Morgan fingerprint density at radius 1 is 0.778 bits per heavy atom. The summed E-state index contributed by atoms with van der Waals surface area (Å²) in [4.78, 5) is 40.6. The molecule has 2 fully saturated rings. The molecule has 3 N–H and O–H groups in total. The minimum atomic E-state index is -1.55. The molecule has 2 unspecified atom stereocenters. The largest absolute Gasteiger partial charge is 0.444 e. The number of carbonyl (C=O) groups is 3. The molecular formula is C35H37Cl3F8N4O4. The number of imide groups is 1. The Labute approximate surface area is 324 Å². The molecule has 4 atom stereocenters. The van der Waals surface area contributed by atoms with Crippen LogP contribution in [0.15, 0.2) is 36.4 Å². The van der Waals surface area contributed by atoms with E-state index < -0.39 is 99.1 Å². The number of nitrogens with zero attached hydrogens (tertiary/aromatic N) is 2. The third-order valence-electron chi connectivity index (χ3n) is 8.93. The van der Waals surface area contributed by atoms with Gasteiger partial charge in [0.2, 0.25) is 0 Å². The molecule has 3 aromatic carbocycles. The van der Waals surface area contributed by atoms with Crippen LogP contribution >= 0.6 is 37.2 Å². The molecule has 0 aromatic heterocycles. The first kappa shape index (κ1) is 46.5. The van der Waals surface area contributed by atoms with Crippen LogP contribution in [0.4, 0.5) is 39.9 Å². The number of amides is 3. The third-order valence-corrected chi connectivity index (χ3v) is 8.93. The molecule has 2 saturated heterocycles. The highest BCUT2D eigenvalue weighted by Gasteiger charge is 2.45. The van der Waals surface area contributed by atoms with Crippen molar-refractivity contribution in [3.63, 3.8) is 0 Å². The van der Waals surface area contributed by atoms with E-state index in [1.54, 1.807) is 32.9 Å². The molecule has 19 heteroatoms. The zero-order valence-corrected chi connectivity index (χ0v) is 31.3. The number of fused-ring (bicyclic) bond motifs is 1. The molecule has 3 heterocycles. The number of likely N-dealkylation sites (tertiary alicyclic amines) is 1. The number of hydrogen-bond donors (Lipinski definition) is 2. The van der Waals surface area contributed by atoms with Gasteiger partial charge in [0.05, 0.1) is 17.2 Å². The van der Waals surface area contributed by atoms with Crippen molar-refractivity contribution in [2.75, 3.05) is 26.2 Å². The highest BCUT2D eigenvalue weighted by atomic mass is 35.5. The topological polar surface area (TPSA) is 105 Å². The van der Waals surface area contributed by atoms with E-state index in [2.05, 4.69) is 5.32 Å². The monoisotopic (exact) mass is 834 g/mol. The molecule has 3 amide bonds. The number of hydrogen-bond acceptors (Lipinski definition) is 6. The summed E-state index contributed by atoms with van der Waals surface area (Å²) in [7, 11) is 0. The van der Waals surface area contributed by atoms with Crippen molar-refractivity contribution in [2.24, 2.45) is 5.73 Å². The zero-order valence-electron chi connectivity index (χ0n) is 28.9. The second-order valence-corrected chi connectivity index (χ2v) is 13.5. The van der Waals surface area contributed by atoms with Crippen LogP contribution in [0.5, 0.6) is 0 Å². The molecule has 54 heavy (non-hydrogen) atoms. The van der Waals surface area contributed by atoms with Crippen molar-refractivity contribution in [1.82, 2.24) is 15.1 Å². The maximum absolute atomic E-state index is 14.5. The lowest BCUT2D eigenvalue weighted by Gasteiger charge is -2.30. The standard InChI is InChI=1S/C24H22F4N2O4.C11H12F4N2.3ClH/c1-24(2,3)34-23(33)29-10-12(18-19(27)16(25)9-17(26)20(18)28)8-13(29)11-30-21(31)14-6-4-5-7-15(14)22(30)32;12-7-2-8(13)11(15)9(10(7)14)5-1-6(3-16)17-4-5;;;/h4-7,9,12-13H,8,10-11H2,1-3H3;2,5-6,17H,1,3-4,16H2;3*1H/t12-,13?;5-,6?;;;/m00.../s1. The van der Waals surface area contributed by atoms with Gasteiger partial charge in [-0.2, -0.15) is 0 Å². The summed E-state index contributed by atoms with van der Waals surface area (Å²) in [5.74, 6) is -14.4. The fourth-order valence-electron chi connectivity index (χ4n) is 6.58. The van der Waals surface area contributed by atoms with E-state index in [1.807, 2.05) is 0 Å². The lowest BCUT2D eigenvalue weighted by Crippen LogP contribution is -2.46. The number of nitrogens with one attached hydrogen (secondary N) is 1. The maximum atomic E-state index is 14.5. The van der Waals surface area contributed by atoms with Crippen molar-refractivity contribution < 1.29 is 54.2 Å². The highest BCUT2D eigenvalue weighted by Crippen LogP contribution is 2.38. The van der Waals surface area contributed by atoms with Gasteiger partial charge in [-0.3, -0.25) is 14.5 Å². The van der Waals surface area contributed by atoms with Crippen molar-refractivity contribution in [3.05, 3.63) is 105 Å². The van der Waals surface area contributed by atoms with Crippen LogP contribution in [0.1, 0.15) is 77.3 Å². The van der Waals surface area contributed by atoms with Gasteiger partial charge in [-0.15, -0.1) is 37.2 Å². The molecule has 6 rings (SSSR count). The van der Waals surface area contributed by atoms with Gasteiger partial charge in [0.1, 0.15) is 5.60 Å². The molecule has 3 aromatic rings. The van der Waals surface area contributed by atoms with Crippen molar-refractivity contribution in [2.45, 2.75) is 63.1 Å². The first-order chi connectivity index (χ1) is 23.9. The number of rotatable bonds is 5. The van der Waals surface area contributed by atoms with E-state index in [-0.39, 0.29) is 92.6 Å². The fraction of sp³-hybridized carbons (Fsp3) is 0.400. The van der Waals surface area contributed by atoms with Crippen LogP contribution in [0, 0.1) is 46.5 Å². The van der Waals surface area contributed by atoms with Gasteiger partial charge in [-0.1, -0.05) is 12.1 Å². The minimum Gasteiger partial charge on any atom is -0.444 e. The average molecular weight is 836 g/mol. The average Bonchev–Trinajstić information content (AvgIpc) is 3.77. The second-order valence-electron chi connectivity index (χ2n) is 13.5. The molecule has 3 aliphatic heterocycles. The first-order valence-electron chi connectivity index (χ1n) is 16.0. The predicted molar refractivity (Wildman–Crippen MR) is 188 cm³/mol. The summed E-state index contributed by atoms with van der Waals surface area (Å²) in [5, 5.41) is 2.94. The van der Waals surface area contributed by atoms with Crippen molar-refractivity contribution >= 4 is 55.1 Å². The van der Waals surface area contributed by atoms with Crippen LogP contribution in [0.2, 0.25) is 0 Å². The molecule has 0 bridgehead atoms. The Morgan fingerprint density at radius 2 is 1.22 bits per heavy atom. The highest BCUT2D eigenvalue weighted by molar-refractivity contribution is 6.21. The molecule has 0 radical (unpaired) electrons. The Morgan fingerprint density at radius 3 is 1.63 bits per heavy atom. The Hall–Kier alpha value is -3.70. The van der Waals surface area contributed by atoms with E-state index in [1.165, 1.54) is 12.1 Å². The number of carbonyl (C=O) groups excluding carboxylic acids is 3. The van der Waals surface area contributed by atoms with Gasteiger partial charge in [0.15, 0.2) is 46.5 Å². The smallest absolute Gasteiger partial charge is 0.410 e. The van der Waals surface area contributed by atoms with Gasteiger partial charge < -0.3 is 20.7 Å². The van der Waals surface area contributed by atoms with Gasteiger partial charge in [0, 0.05) is 67.3 Å². The van der Waals surface area contributed by atoms with Gasteiger partial charge in [0.25, 0.3) is 11.8 Å². The number of ether oxygens (including phenoxy) is 1.